The number of cyclic esters (lactones) is 1. The van der Waals surface area contributed by atoms with Crippen LogP contribution >= 0.6 is 0 Å². The summed E-state index contributed by atoms with van der Waals surface area (Å²) >= 11 is 0. The first-order valence-corrected chi connectivity index (χ1v) is 22.5. The fraction of sp³-hybridized carbons (Fsp3) is 0.826. The van der Waals surface area contributed by atoms with E-state index in [1.165, 1.54) is 14.0 Å². The molecule has 16 heteroatoms. The topological polar surface area (TPSA) is 218 Å². The van der Waals surface area contributed by atoms with E-state index in [1.54, 1.807) is 41.5 Å². The smallest absolute Gasteiger partial charge is 0.459 e. The number of ether oxygens (including phenoxy) is 8. The lowest BCUT2D eigenvalue weighted by Gasteiger charge is -2.48. The lowest BCUT2D eigenvalue weighted by molar-refractivity contribution is -0.315. The van der Waals surface area contributed by atoms with Gasteiger partial charge in [-0.2, -0.15) is 0 Å². The van der Waals surface area contributed by atoms with Gasteiger partial charge in [-0.05, 0) is 92.2 Å². The number of esters is 1. The minimum absolute atomic E-state index is 0.0388. The van der Waals surface area contributed by atoms with Crippen LogP contribution in [0.1, 0.15) is 114 Å². The van der Waals surface area contributed by atoms with E-state index in [0.29, 0.717) is 19.5 Å². The van der Waals surface area contributed by atoms with Crippen molar-refractivity contribution in [2.45, 2.75) is 205 Å². The lowest BCUT2D eigenvalue weighted by atomic mass is 9.78. The quantitative estimate of drug-likeness (QED) is 0.194. The van der Waals surface area contributed by atoms with E-state index >= 15 is 0 Å². The van der Waals surface area contributed by atoms with Crippen molar-refractivity contribution in [1.82, 2.24) is 4.90 Å². The van der Waals surface area contributed by atoms with E-state index in [1.807, 2.05) is 58.0 Å². The van der Waals surface area contributed by atoms with Gasteiger partial charge >= 0.3 is 12.1 Å². The average Bonchev–Trinajstić information content (AvgIpc) is 3.21. The predicted octanol–water partition coefficient (Wildman–Crippen LogP) is 4.44. The van der Waals surface area contributed by atoms with Crippen LogP contribution in [0.2, 0.25) is 0 Å². The van der Waals surface area contributed by atoms with Gasteiger partial charge in [-0.25, -0.2) is 4.79 Å². The van der Waals surface area contributed by atoms with Gasteiger partial charge in [0.25, 0.3) is 0 Å². The summed E-state index contributed by atoms with van der Waals surface area (Å²) in [5, 5.41) is 47.6. The molecule has 0 radical (unpaired) electrons. The van der Waals surface area contributed by atoms with Crippen molar-refractivity contribution in [1.29, 1.82) is 0 Å². The van der Waals surface area contributed by atoms with Gasteiger partial charge in [0.2, 0.25) is 0 Å². The Morgan fingerprint density at radius 2 is 1.60 bits per heavy atom. The summed E-state index contributed by atoms with van der Waals surface area (Å²) < 4.78 is 49.4. The van der Waals surface area contributed by atoms with Crippen molar-refractivity contribution >= 4 is 12.1 Å². The number of aliphatic hydroxyl groups is 4. The Balaban J connectivity index is 1.83. The average molecular weight is 883 g/mol. The molecule has 0 aliphatic carbocycles. The highest BCUT2D eigenvalue weighted by molar-refractivity contribution is 5.73. The molecule has 0 bridgehead atoms. The largest absolute Gasteiger partial charge is 0.509 e. The highest BCUT2D eigenvalue weighted by atomic mass is 16.8. The maximum atomic E-state index is 14.4. The molecule has 6 N–H and O–H groups in total. The second kappa shape index (κ2) is 22.1. The summed E-state index contributed by atoms with van der Waals surface area (Å²) in [6.07, 6.45) is -9.75. The summed E-state index contributed by atoms with van der Waals surface area (Å²) in [6, 6.07) is 8.11. The third-order valence-corrected chi connectivity index (χ3v) is 13.4. The number of methoxy groups -OCH3 is 1. The molecule has 1 aromatic carbocycles. The Bertz CT molecular complexity index is 1550. The Morgan fingerprint density at radius 3 is 2.21 bits per heavy atom. The molecular weight excluding hydrogens is 805 g/mol. The van der Waals surface area contributed by atoms with E-state index in [2.05, 4.69) is 4.90 Å². The van der Waals surface area contributed by atoms with Gasteiger partial charge in [0, 0.05) is 38.1 Å². The maximum absolute atomic E-state index is 14.4. The molecule has 356 valence electrons. The lowest BCUT2D eigenvalue weighted by Crippen LogP contribution is -2.61. The van der Waals surface area contributed by atoms with Crippen LogP contribution in [0.5, 0.6) is 0 Å². The summed E-state index contributed by atoms with van der Waals surface area (Å²) in [7, 11) is 1.49. The Kier molecular flexibility index (Phi) is 18.6. The molecule has 0 saturated carbocycles. The first-order chi connectivity index (χ1) is 29.0. The number of hydrogen-bond donors (Lipinski definition) is 5. The first kappa shape index (κ1) is 52.1. The van der Waals surface area contributed by atoms with Crippen molar-refractivity contribution in [3.05, 3.63) is 35.9 Å². The van der Waals surface area contributed by atoms with Crippen molar-refractivity contribution < 1.29 is 67.9 Å². The van der Waals surface area contributed by atoms with Crippen LogP contribution in [-0.2, 0) is 49.3 Å². The molecule has 3 fully saturated rings. The summed E-state index contributed by atoms with van der Waals surface area (Å²) in [5.74, 6) is -3.15. The zero-order valence-electron chi connectivity index (χ0n) is 39.1. The number of hydrogen-bond acceptors (Lipinski definition) is 16. The number of aliphatic hydroxyl groups excluding tert-OH is 2. The molecule has 16 nitrogen and oxygen atoms in total. The molecule has 3 saturated heterocycles. The van der Waals surface area contributed by atoms with E-state index < -0.39 is 114 Å². The monoisotopic (exact) mass is 883 g/mol. The van der Waals surface area contributed by atoms with Gasteiger partial charge < -0.3 is 69.0 Å². The molecule has 2 unspecified atom stereocenters. The van der Waals surface area contributed by atoms with Crippen LogP contribution in [-0.4, -0.2) is 148 Å². The normalized spacial score (nSPS) is 43.2. The van der Waals surface area contributed by atoms with Gasteiger partial charge in [0.05, 0.1) is 47.6 Å². The molecule has 18 atom stereocenters. The summed E-state index contributed by atoms with van der Waals surface area (Å²) in [4.78, 5) is 29.8. The molecule has 3 heterocycles. The summed E-state index contributed by atoms with van der Waals surface area (Å²) in [5.41, 5.74) is 2.84. The number of rotatable bonds is 11. The third kappa shape index (κ3) is 12.7. The highest BCUT2D eigenvalue weighted by Gasteiger charge is 2.53. The van der Waals surface area contributed by atoms with E-state index in [9.17, 15) is 30.0 Å². The molecule has 0 aromatic heterocycles. The second-order valence-corrected chi connectivity index (χ2v) is 19.0. The maximum Gasteiger partial charge on any atom is 0.509 e. The molecule has 1 aromatic rings. The molecule has 3 aliphatic heterocycles. The molecular formula is C46H78N2O14. The number of benzene rings is 1. The SMILES string of the molecule is CCCN1C[C@@H](C)[C@@H](O)[C@](C)(O)[C@@H](CC)OC(=O)C(C)[C@H](OC2C[C@@](C)(OC)[C@@H](O)[C@H](C)O2)[C@H](C)[C@@H](O[C@@H]2O[C@H](C)C[C@H](N)[C@H]2OC(=O)OCc2ccccc2)[C@](C)(O)C[C@H]1C. The molecule has 0 amide bonds. The summed E-state index contributed by atoms with van der Waals surface area (Å²) in [6.45, 7) is 20.4. The van der Waals surface area contributed by atoms with Crippen LogP contribution in [0.25, 0.3) is 0 Å². The van der Waals surface area contributed by atoms with Gasteiger partial charge in [-0.15, -0.1) is 0 Å². The van der Waals surface area contributed by atoms with Crippen LogP contribution in [0.4, 0.5) is 4.79 Å². The predicted molar refractivity (Wildman–Crippen MR) is 229 cm³/mol. The number of nitrogens with zero attached hydrogens (tertiary/aromatic N) is 1. The van der Waals surface area contributed by atoms with Crippen LogP contribution < -0.4 is 5.73 Å². The second-order valence-electron chi connectivity index (χ2n) is 19.0. The van der Waals surface area contributed by atoms with Gasteiger partial charge in [0.15, 0.2) is 18.7 Å². The zero-order valence-corrected chi connectivity index (χ0v) is 39.1. The molecule has 4 rings (SSSR count). The fourth-order valence-corrected chi connectivity index (χ4v) is 9.67. The van der Waals surface area contributed by atoms with E-state index in [-0.39, 0.29) is 31.9 Å². The molecule has 62 heavy (non-hydrogen) atoms. The molecule has 3 aliphatic rings. The van der Waals surface area contributed by atoms with Gasteiger partial charge in [0.1, 0.15) is 24.4 Å². The first-order valence-electron chi connectivity index (χ1n) is 22.5. The number of carbonyl (C=O) groups excluding carboxylic acids is 2. The highest BCUT2D eigenvalue weighted by Crippen LogP contribution is 2.40. The Labute approximate surface area is 369 Å². The van der Waals surface area contributed by atoms with Crippen molar-refractivity contribution in [3.63, 3.8) is 0 Å². The standard InChI is InChI=1S/C46H78N2O14/c1-13-20-48-24-26(3)38(49)46(11,54)34(14-2)59-41(51)30(7)36(60-35-23-45(10,55-12)39(50)31(8)58-35)29(6)40(44(9,53)22-27(48)4)62-42-37(33(47)21-28(5)57-42)61-43(52)56-25-32-18-16-15-17-19-32/h15-19,26-31,33-40,42,49-50,53-54H,13-14,20-25,47H2,1-12H3/t26-,27-,28-,29+,30?,31+,33+,34-,35?,36-,37-,38-,39+,40-,42+,44-,45-,46-/m1/s1. The molecule has 0 spiro atoms. The van der Waals surface area contributed by atoms with E-state index in [0.717, 1.165) is 12.0 Å². The van der Waals surface area contributed by atoms with Crippen molar-refractivity contribution in [2.24, 2.45) is 23.5 Å². The van der Waals surface area contributed by atoms with Gasteiger partial charge in [-0.1, -0.05) is 58.0 Å². The van der Waals surface area contributed by atoms with Crippen molar-refractivity contribution in [2.75, 3.05) is 20.2 Å². The van der Waals surface area contributed by atoms with Crippen molar-refractivity contribution in [3.8, 4) is 0 Å². The Morgan fingerprint density at radius 1 is 0.935 bits per heavy atom. The minimum atomic E-state index is -1.83. The number of carbonyl (C=O) groups is 2. The fourth-order valence-electron chi connectivity index (χ4n) is 9.67. The third-order valence-electron chi connectivity index (χ3n) is 13.4. The van der Waals surface area contributed by atoms with Crippen LogP contribution in [0.15, 0.2) is 30.3 Å². The Hall–Kier alpha value is -2.48. The minimum Gasteiger partial charge on any atom is -0.459 e. The van der Waals surface area contributed by atoms with E-state index in [4.69, 9.17) is 43.6 Å². The number of nitrogens with two attached hydrogens (primary N) is 1. The van der Waals surface area contributed by atoms with Crippen LogP contribution in [0, 0.1) is 17.8 Å². The van der Waals surface area contributed by atoms with Crippen LogP contribution in [0.3, 0.4) is 0 Å². The zero-order chi connectivity index (χ0) is 46.3. The van der Waals surface area contributed by atoms with Gasteiger partial charge in [-0.3, -0.25) is 4.79 Å².